The van der Waals surface area contributed by atoms with Gasteiger partial charge in [0.2, 0.25) is 0 Å². The normalized spacial score (nSPS) is 22.4. The molecule has 0 N–H and O–H groups in total. The van der Waals surface area contributed by atoms with E-state index in [2.05, 4.69) is 7.05 Å². The molecule has 0 saturated carbocycles. The molecule has 0 spiro atoms. The highest BCUT2D eigenvalue weighted by atomic mass is 32.2. The van der Waals surface area contributed by atoms with E-state index >= 15 is 0 Å². The largest absolute Gasteiger partial charge is 0.324 e. The number of likely N-dealkylation sites (N-methyl/N-ethyl adjacent to an activating group) is 1. The minimum atomic E-state index is -3.52. The predicted octanol–water partition coefficient (Wildman–Crippen LogP) is 0.940. The van der Waals surface area contributed by atoms with Crippen LogP contribution in [-0.2, 0) is 28.6 Å². The Bertz CT molecular complexity index is 681. The fourth-order valence-electron chi connectivity index (χ4n) is 4.47. The second-order valence-electron chi connectivity index (χ2n) is 8.76. The van der Waals surface area contributed by atoms with E-state index in [1.165, 1.54) is 19.3 Å². The summed E-state index contributed by atoms with van der Waals surface area (Å²) in [6.07, 6.45) is 7.41. The summed E-state index contributed by atoms with van der Waals surface area (Å²) in [6, 6.07) is 0. The Kier molecular flexibility index (Phi) is 8.72. The average Bonchev–Trinajstić information content (AvgIpc) is 3.02. The molecule has 166 valence electrons. The van der Waals surface area contributed by atoms with Crippen molar-refractivity contribution in [2.24, 2.45) is 0 Å². The smallest absolute Gasteiger partial charge is 0.267 e. The molecular formula is C18H38N2O6S2+2. The maximum absolute atomic E-state index is 12.3. The molecule has 2 saturated heterocycles. The number of hydrogen-bond donors (Lipinski definition) is 0. The van der Waals surface area contributed by atoms with Gasteiger partial charge in [0.15, 0.2) is 0 Å². The predicted molar refractivity (Wildman–Crippen MR) is 109 cm³/mol. The zero-order chi connectivity index (χ0) is 20.7. The molecule has 2 fully saturated rings. The number of nitrogens with zero attached hydrogens (tertiary/aromatic N) is 2. The Labute approximate surface area is 171 Å². The SMILES string of the molecule is C[N+]1(CCOS(=O)(=O)CCC[N+]2(CCOS(C)(=O)=O)CCCC2)CCCCC1. The van der Waals surface area contributed by atoms with Crippen LogP contribution < -0.4 is 0 Å². The number of likely N-dealkylation sites (tertiary alicyclic amines) is 2. The molecule has 0 aromatic carbocycles. The van der Waals surface area contributed by atoms with E-state index in [9.17, 15) is 16.8 Å². The number of hydrogen-bond acceptors (Lipinski definition) is 6. The maximum atomic E-state index is 12.3. The molecule has 2 aliphatic rings. The second kappa shape index (κ2) is 10.2. The average molecular weight is 443 g/mol. The van der Waals surface area contributed by atoms with Crippen molar-refractivity contribution in [3.05, 3.63) is 0 Å². The van der Waals surface area contributed by atoms with Crippen molar-refractivity contribution in [1.29, 1.82) is 0 Å². The van der Waals surface area contributed by atoms with Gasteiger partial charge in [-0.15, -0.1) is 0 Å². The summed E-state index contributed by atoms with van der Waals surface area (Å²) in [7, 11) is -4.78. The lowest BCUT2D eigenvalue weighted by Gasteiger charge is -2.37. The lowest BCUT2D eigenvalue weighted by molar-refractivity contribution is -0.916. The maximum Gasteiger partial charge on any atom is 0.267 e. The van der Waals surface area contributed by atoms with Gasteiger partial charge in [-0.05, 0) is 19.3 Å². The van der Waals surface area contributed by atoms with Gasteiger partial charge in [0.25, 0.3) is 20.2 Å². The van der Waals surface area contributed by atoms with Crippen molar-refractivity contribution in [2.45, 2.75) is 38.5 Å². The minimum Gasteiger partial charge on any atom is -0.324 e. The summed E-state index contributed by atoms with van der Waals surface area (Å²) in [4.78, 5) is 0. The molecular weight excluding hydrogens is 404 g/mol. The summed E-state index contributed by atoms with van der Waals surface area (Å²) < 4.78 is 58.6. The summed E-state index contributed by atoms with van der Waals surface area (Å²) in [5.74, 6) is 0.0175. The van der Waals surface area contributed by atoms with Gasteiger partial charge in [-0.25, -0.2) is 0 Å². The van der Waals surface area contributed by atoms with Crippen molar-refractivity contribution in [3.8, 4) is 0 Å². The van der Waals surface area contributed by atoms with Crippen LogP contribution in [0.25, 0.3) is 0 Å². The Morgan fingerprint density at radius 3 is 1.93 bits per heavy atom. The standard InChI is InChI=1S/C18H38N2O6S2/c1-19(9-4-3-5-10-19)14-16-26-28(23,24)18-8-13-20(11-6-7-12-20)15-17-25-27(2,21)22/h3-18H2,1-2H3/q+2. The van der Waals surface area contributed by atoms with E-state index in [4.69, 9.17) is 8.37 Å². The van der Waals surface area contributed by atoms with Crippen LogP contribution in [0.4, 0.5) is 0 Å². The van der Waals surface area contributed by atoms with Gasteiger partial charge >= 0.3 is 0 Å². The van der Waals surface area contributed by atoms with Gasteiger partial charge in [-0.2, -0.15) is 16.8 Å². The molecule has 2 aliphatic heterocycles. The molecule has 0 aromatic rings. The monoisotopic (exact) mass is 442 g/mol. The van der Waals surface area contributed by atoms with E-state index in [1.807, 2.05) is 0 Å². The van der Waals surface area contributed by atoms with Crippen LogP contribution in [0.3, 0.4) is 0 Å². The highest BCUT2D eigenvalue weighted by Gasteiger charge is 2.32. The molecule has 2 heterocycles. The third-order valence-electron chi connectivity index (χ3n) is 6.19. The molecule has 0 amide bonds. The Morgan fingerprint density at radius 1 is 0.750 bits per heavy atom. The van der Waals surface area contributed by atoms with Crippen molar-refractivity contribution in [3.63, 3.8) is 0 Å². The summed E-state index contributed by atoms with van der Waals surface area (Å²) in [5, 5.41) is 0. The lowest BCUT2D eigenvalue weighted by Crippen LogP contribution is -2.50. The number of quaternary nitrogens is 2. The lowest BCUT2D eigenvalue weighted by atomic mass is 10.1. The summed E-state index contributed by atoms with van der Waals surface area (Å²) in [5.41, 5.74) is 0. The van der Waals surface area contributed by atoms with Crippen LogP contribution in [0.15, 0.2) is 0 Å². The topological polar surface area (TPSA) is 86.7 Å². The highest BCUT2D eigenvalue weighted by molar-refractivity contribution is 7.86. The van der Waals surface area contributed by atoms with E-state index in [0.29, 0.717) is 19.5 Å². The molecule has 10 heteroatoms. The molecule has 0 bridgehead atoms. The summed E-state index contributed by atoms with van der Waals surface area (Å²) in [6.45, 7) is 6.54. The van der Waals surface area contributed by atoms with Gasteiger partial charge < -0.3 is 8.97 Å². The third-order valence-corrected chi connectivity index (χ3v) is 8.10. The van der Waals surface area contributed by atoms with Gasteiger partial charge in [0.1, 0.15) is 26.3 Å². The van der Waals surface area contributed by atoms with Gasteiger partial charge in [-0.3, -0.25) is 8.37 Å². The van der Waals surface area contributed by atoms with Crippen molar-refractivity contribution in [2.75, 3.05) is 78.1 Å². The first-order valence-corrected chi connectivity index (χ1v) is 13.8. The van der Waals surface area contributed by atoms with Crippen molar-refractivity contribution in [1.82, 2.24) is 0 Å². The highest BCUT2D eigenvalue weighted by Crippen LogP contribution is 2.21. The molecule has 0 atom stereocenters. The Morgan fingerprint density at radius 2 is 1.32 bits per heavy atom. The zero-order valence-electron chi connectivity index (χ0n) is 17.5. The van der Waals surface area contributed by atoms with Crippen molar-refractivity contribution < 1.29 is 34.2 Å². The second-order valence-corrected chi connectivity index (χ2v) is 12.2. The summed E-state index contributed by atoms with van der Waals surface area (Å²) >= 11 is 0. The first kappa shape index (κ1) is 24.0. The van der Waals surface area contributed by atoms with E-state index in [1.54, 1.807) is 0 Å². The zero-order valence-corrected chi connectivity index (χ0v) is 19.1. The molecule has 0 aliphatic carbocycles. The van der Waals surface area contributed by atoms with Gasteiger partial charge in [0, 0.05) is 19.3 Å². The fourth-order valence-corrected chi connectivity index (χ4v) is 5.77. The van der Waals surface area contributed by atoms with E-state index < -0.39 is 20.2 Å². The number of rotatable bonds is 12. The first-order chi connectivity index (χ1) is 13.0. The molecule has 0 aromatic heterocycles. The van der Waals surface area contributed by atoms with Gasteiger partial charge in [0.05, 0.1) is 51.8 Å². The minimum absolute atomic E-state index is 0.0175. The molecule has 0 radical (unpaired) electrons. The van der Waals surface area contributed by atoms with Crippen LogP contribution in [0, 0.1) is 0 Å². The van der Waals surface area contributed by atoms with Crippen molar-refractivity contribution >= 4 is 20.2 Å². The molecule has 8 nitrogen and oxygen atoms in total. The van der Waals surface area contributed by atoms with Crippen LogP contribution in [-0.4, -0.2) is 104 Å². The first-order valence-electron chi connectivity index (χ1n) is 10.4. The van der Waals surface area contributed by atoms with Crippen LogP contribution in [0.1, 0.15) is 38.5 Å². The van der Waals surface area contributed by atoms with Crippen LogP contribution >= 0.6 is 0 Å². The van der Waals surface area contributed by atoms with E-state index in [0.717, 1.165) is 60.8 Å². The molecule has 28 heavy (non-hydrogen) atoms. The van der Waals surface area contributed by atoms with Gasteiger partial charge in [-0.1, -0.05) is 0 Å². The Hall–Kier alpha value is -0.260. The third kappa shape index (κ3) is 8.62. The molecule has 2 rings (SSSR count). The molecule has 0 unspecified atom stereocenters. The van der Waals surface area contributed by atoms with Crippen LogP contribution in [0.2, 0.25) is 0 Å². The number of piperidine rings is 1. The van der Waals surface area contributed by atoms with Crippen LogP contribution in [0.5, 0.6) is 0 Å². The van der Waals surface area contributed by atoms with E-state index in [-0.39, 0.29) is 19.0 Å². The Balaban J connectivity index is 1.72. The fraction of sp³-hybridized carbons (Fsp3) is 1.00. The quantitative estimate of drug-likeness (QED) is 0.330.